The SMILES string of the molecule is N[C@@H](CCC(=O)N1CC=C(c2cccc3c2CCN(C(=O)/C=C/c2c(-n4cnnn4)ccc(Cl)c2F)[C@@H]3C(=O)Cc2ccc(C(=O)O)cc2)CC1)C(=O)O. The second-order valence-corrected chi connectivity index (χ2v) is 13.3. The molecule has 0 aliphatic carbocycles. The lowest BCUT2D eigenvalue weighted by Crippen LogP contribution is -2.43. The summed E-state index contributed by atoms with van der Waals surface area (Å²) in [6.07, 6.45) is 6.53. The van der Waals surface area contributed by atoms with E-state index >= 15 is 4.39 Å². The van der Waals surface area contributed by atoms with Crippen LogP contribution in [0.1, 0.15) is 63.5 Å². The number of hydrogen-bond donors (Lipinski definition) is 3. The first kappa shape index (κ1) is 37.7. The van der Waals surface area contributed by atoms with Crippen molar-refractivity contribution < 1.29 is 38.6 Å². The molecular formula is C38H35ClFN7O7. The van der Waals surface area contributed by atoms with Crippen molar-refractivity contribution in [2.75, 3.05) is 19.6 Å². The molecule has 0 saturated carbocycles. The molecule has 0 fully saturated rings. The molecule has 3 aromatic carbocycles. The van der Waals surface area contributed by atoms with Crippen LogP contribution in [-0.2, 0) is 32.0 Å². The van der Waals surface area contributed by atoms with Crippen molar-refractivity contribution in [3.63, 3.8) is 0 Å². The maximum atomic E-state index is 15.3. The monoisotopic (exact) mass is 755 g/mol. The molecule has 54 heavy (non-hydrogen) atoms. The van der Waals surface area contributed by atoms with E-state index in [-0.39, 0.29) is 59.3 Å². The van der Waals surface area contributed by atoms with Gasteiger partial charge in [-0.1, -0.05) is 48.0 Å². The molecule has 2 amide bonds. The number of fused-ring (bicyclic) bond motifs is 1. The summed E-state index contributed by atoms with van der Waals surface area (Å²) in [5.74, 6) is -4.10. The highest BCUT2D eigenvalue weighted by Crippen LogP contribution is 2.37. The standard InChI is InChI=1S/C38H35ClFN7O7/c39-29-9-11-31(47-21-42-43-44-47)28(35(29)40)8-12-34(50)46-19-16-26-25(23-14-17-45(18-15-23)33(49)13-10-30(41)38(53)54)2-1-3-27(26)36(46)32(48)20-22-4-6-24(7-5-22)37(51)52/h1-9,11-12,14,21,30,36H,10,13,15-20,41H2,(H,51,52)(H,53,54)/b12-8+/t30-,36-/m0/s1. The maximum absolute atomic E-state index is 15.3. The zero-order valence-electron chi connectivity index (χ0n) is 28.8. The van der Waals surface area contributed by atoms with Crippen molar-refractivity contribution >= 4 is 52.8 Å². The van der Waals surface area contributed by atoms with E-state index in [1.165, 1.54) is 52.3 Å². The molecule has 0 bridgehead atoms. The highest BCUT2D eigenvalue weighted by atomic mass is 35.5. The van der Waals surface area contributed by atoms with Crippen LogP contribution < -0.4 is 5.73 Å². The van der Waals surface area contributed by atoms with Crippen LogP contribution in [-0.4, -0.2) is 95.4 Å². The molecule has 0 saturated heterocycles. The van der Waals surface area contributed by atoms with Crippen LogP contribution in [0.3, 0.4) is 0 Å². The molecule has 0 radical (unpaired) electrons. The number of nitrogens with zero attached hydrogens (tertiary/aromatic N) is 6. The minimum atomic E-state index is -1.16. The van der Waals surface area contributed by atoms with Crippen LogP contribution >= 0.6 is 11.6 Å². The van der Waals surface area contributed by atoms with E-state index in [0.29, 0.717) is 37.1 Å². The average molecular weight is 756 g/mol. The number of halogens is 2. The summed E-state index contributed by atoms with van der Waals surface area (Å²) in [6.45, 7) is 0.881. The summed E-state index contributed by atoms with van der Waals surface area (Å²) < 4.78 is 16.6. The van der Waals surface area contributed by atoms with Crippen molar-refractivity contribution in [3.05, 3.63) is 117 Å². The highest BCUT2D eigenvalue weighted by molar-refractivity contribution is 6.31. The Morgan fingerprint density at radius 1 is 1.02 bits per heavy atom. The van der Waals surface area contributed by atoms with Crippen molar-refractivity contribution in [1.29, 1.82) is 0 Å². The molecule has 14 nitrogen and oxygen atoms in total. The van der Waals surface area contributed by atoms with E-state index in [2.05, 4.69) is 15.5 Å². The summed E-state index contributed by atoms with van der Waals surface area (Å²) in [4.78, 5) is 66.6. The molecule has 4 N–H and O–H groups in total. The summed E-state index contributed by atoms with van der Waals surface area (Å²) in [5.41, 5.74) is 9.78. The van der Waals surface area contributed by atoms with Crippen LogP contribution in [0.4, 0.5) is 4.39 Å². The number of rotatable bonds is 12. The molecule has 2 aliphatic heterocycles. The van der Waals surface area contributed by atoms with Crippen LogP contribution in [0.5, 0.6) is 0 Å². The predicted octanol–water partition coefficient (Wildman–Crippen LogP) is 3.91. The number of carbonyl (C=O) groups excluding carboxylic acids is 3. The maximum Gasteiger partial charge on any atom is 0.335 e. The highest BCUT2D eigenvalue weighted by Gasteiger charge is 2.36. The quantitative estimate of drug-likeness (QED) is 0.177. The van der Waals surface area contributed by atoms with Crippen LogP contribution in [0, 0.1) is 5.82 Å². The van der Waals surface area contributed by atoms with Gasteiger partial charge in [-0.05, 0) is 87.9 Å². The fraction of sp³-hybridized carbons (Fsp3) is 0.263. The van der Waals surface area contributed by atoms with E-state index in [0.717, 1.165) is 16.7 Å². The number of aromatic carboxylic acids is 1. The van der Waals surface area contributed by atoms with Gasteiger partial charge in [0.05, 0.1) is 16.3 Å². The number of benzene rings is 3. The Kier molecular flexibility index (Phi) is 11.4. The van der Waals surface area contributed by atoms with Gasteiger partial charge in [-0.3, -0.25) is 19.2 Å². The predicted molar refractivity (Wildman–Crippen MR) is 194 cm³/mol. The number of nitrogens with two attached hydrogens (primary N) is 1. The fourth-order valence-corrected chi connectivity index (χ4v) is 6.92. The number of hydrogen-bond acceptors (Lipinski definition) is 9. The van der Waals surface area contributed by atoms with Gasteiger partial charge in [0.1, 0.15) is 18.4 Å². The summed E-state index contributed by atoms with van der Waals surface area (Å²) in [5, 5.41) is 29.2. The molecule has 6 rings (SSSR count). The number of carboxylic acid groups (broad SMARTS) is 2. The lowest BCUT2D eigenvalue weighted by atomic mass is 9.82. The first-order chi connectivity index (χ1) is 25.9. The van der Waals surface area contributed by atoms with Gasteiger partial charge < -0.3 is 25.7 Å². The Morgan fingerprint density at radius 3 is 2.46 bits per heavy atom. The average Bonchev–Trinajstić information content (AvgIpc) is 3.71. The molecule has 2 atom stereocenters. The first-order valence-corrected chi connectivity index (χ1v) is 17.4. The van der Waals surface area contributed by atoms with Gasteiger partial charge in [0.2, 0.25) is 11.8 Å². The second kappa shape index (κ2) is 16.3. The zero-order chi connectivity index (χ0) is 38.5. The number of carboxylic acids is 2. The fourth-order valence-electron chi connectivity index (χ4n) is 6.76. The van der Waals surface area contributed by atoms with Crippen molar-refractivity contribution in [2.24, 2.45) is 5.73 Å². The van der Waals surface area contributed by atoms with E-state index < -0.39 is 35.7 Å². The molecular weight excluding hydrogens is 721 g/mol. The smallest absolute Gasteiger partial charge is 0.335 e. The van der Waals surface area contributed by atoms with E-state index in [1.807, 2.05) is 18.2 Å². The largest absolute Gasteiger partial charge is 0.480 e. The van der Waals surface area contributed by atoms with Crippen molar-refractivity contribution in [3.8, 4) is 5.69 Å². The van der Waals surface area contributed by atoms with Gasteiger partial charge in [-0.2, -0.15) is 4.68 Å². The van der Waals surface area contributed by atoms with Gasteiger partial charge in [0.25, 0.3) is 0 Å². The Hall–Kier alpha value is -6.06. The van der Waals surface area contributed by atoms with Crippen LogP contribution in [0.2, 0.25) is 5.02 Å². The zero-order valence-corrected chi connectivity index (χ0v) is 29.5. The van der Waals surface area contributed by atoms with E-state index in [4.69, 9.17) is 22.4 Å². The number of carbonyl (C=O) groups is 5. The Balaban J connectivity index is 1.30. The van der Waals surface area contributed by atoms with Crippen molar-refractivity contribution in [1.82, 2.24) is 30.0 Å². The second-order valence-electron chi connectivity index (χ2n) is 12.9. The Labute approximate surface area is 313 Å². The van der Waals surface area contributed by atoms with Gasteiger partial charge in [-0.15, -0.1) is 5.10 Å². The number of amides is 2. The topological polar surface area (TPSA) is 202 Å². The lowest BCUT2D eigenvalue weighted by molar-refractivity contribution is -0.139. The molecule has 1 aromatic heterocycles. The minimum absolute atomic E-state index is 0.0153. The summed E-state index contributed by atoms with van der Waals surface area (Å²) in [6, 6.07) is 12.2. The third kappa shape index (κ3) is 8.11. The number of aromatic nitrogens is 4. The van der Waals surface area contributed by atoms with Crippen LogP contribution in [0.25, 0.3) is 17.3 Å². The number of Topliss-reactive ketones (excluding diaryl/α,β-unsaturated/α-hetero) is 1. The summed E-state index contributed by atoms with van der Waals surface area (Å²) >= 11 is 6.08. The van der Waals surface area contributed by atoms with Gasteiger partial charge in [0, 0.05) is 44.1 Å². The molecule has 16 heteroatoms. The van der Waals surface area contributed by atoms with Crippen LogP contribution in [0.15, 0.2) is 73.1 Å². The van der Waals surface area contributed by atoms with Gasteiger partial charge in [-0.25, -0.2) is 9.18 Å². The molecule has 4 aromatic rings. The summed E-state index contributed by atoms with van der Waals surface area (Å²) in [7, 11) is 0. The van der Waals surface area contributed by atoms with E-state index in [1.54, 1.807) is 23.1 Å². The minimum Gasteiger partial charge on any atom is -0.480 e. The molecule has 0 spiro atoms. The third-order valence-electron chi connectivity index (χ3n) is 9.58. The molecule has 278 valence electrons. The normalized spacial score (nSPS) is 16.1. The van der Waals surface area contributed by atoms with Crippen molar-refractivity contribution in [2.45, 2.75) is 44.2 Å². The molecule has 3 heterocycles. The number of ketones is 1. The Bertz CT molecular complexity index is 2170. The van der Waals surface area contributed by atoms with Gasteiger partial charge >= 0.3 is 11.9 Å². The first-order valence-electron chi connectivity index (χ1n) is 17.0. The number of tetrazole rings is 1. The lowest BCUT2D eigenvalue weighted by Gasteiger charge is -2.37. The third-order valence-corrected chi connectivity index (χ3v) is 9.87. The Morgan fingerprint density at radius 2 is 1.80 bits per heavy atom. The molecule has 0 unspecified atom stereocenters. The van der Waals surface area contributed by atoms with Gasteiger partial charge in [0.15, 0.2) is 11.6 Å². The number of aliphatic carboxylic acids is 1. The van der Waals surface area contributed by atoms with E-state index in [9.17, 15) is 29.1 Å². The molecule has 2 aliphatic rings.